The van der Waals surface area contributed by atoms with Crippen molar-refractivity contribution in [2.24, 2.45) is 5.41 Å². The molecule has 1 aliphatic rings. The quantitative estimate of drug-likeness (QED) is 0.922. The van der Waals surface area contributed by atoms with Crippen LogP contribution in [0.15, 0.2) is 18.3 Å². The molecule has 1 aromatic rings. The summed E-state index contributed by atoms with van der Waals surface area (Å²) in [5.74, 6) is 0.131. The van der Waals surface area contributed by atoms with Gasteiger partial charge in [0.1, 0.15) is 0 Å². The Morgan fingerprint density at radius 3 is 2.60 bits per heavy atom. The summed E-state index contributed by atoms with van der Waals surface area (Å²) >= 11 is 0. The molecule has 1 N–H and O–H groups in total. The average Bonchev–Trinajstić information content (AvgIpc) is 2.39. The number of likely N-dealkylation sites (tertiary alicyclic amines) is 1. The molecule has 1 aliphatic heterocycles. The van der Waals surface area contributed by atoms with Crippen LogP contribution in [-0.4, -0.2) is 34.9 Å². The standard InChI is InChI=1S/C16H25N3O/c1-12(2)19-9-6-16(4,7-10-19)15(20)18-14-5-8-17-13(3)11-14/h5,8,11-12H,6-7,9-10H2,1-4H3,(H,17,18,20). The second-order valence-electron chi connectivity index (χ2n) is 6.33. The van der Waals surface area contributed by atoms with Gasteiger partial charge in [-0.25, -0.2) is 0 Å². The topological polar surface area (TPSA) is 45.2 Å². The molecule has 1 saturated heterocycles. The van der Waals surface area contributed by atoms with Gasteiger partial charge in [-0.15, -0.1) is 0 Å². The highest BCUT2D eigenvalue weighted by molar-refractivity contribution is 5.95. The van der Waals surface area contributed by atoms with Crippen LogP contribution in [0.25, 0.3) is 0 Å². The van der Waals surface area contributed by atoms with Crippen molar-refractivity contribution in [2.45, 2.75) is 46.6 Å². The summed E-state index contributed by atoms with van der Waals surface area (Å²) in [6, 6.07) is 4.31. The van der Waals surface area contributed by atoms with E-state index in [1.807, 2.05) is 19.1 Å². The van der Waals surface area contributed by atoms with Gasteiger partial charge in [0.25, 0.3) is 0 Å². The second kappa shape index (κ2) is 5.92. The lowest BCUT2D eigenvalue weighted by Crippen LogP contribution is -2.47. The van der Waals surface area contributed by atoms with Crippen molar-refractivity contribution in [1.82, 2.24) is 9.88 Å². The number of rotatable bonds is 3. The van der Waals surface area contributed by atoms with Crippen molar-refractivity contribution in [3.63, 3.8) is 0 Å². The molecule has 0 spiro atoms. The zero-order valence-corrected chi connectivity index (χ0v) is 12.9. The molecule has 110 valence electrons. The predicted molar refractivity (Wildman–Crippen MR) is 81.7 cm³/mol. The number of nitrogens with zero attached hydrogens (tertiary/aromatic N) is 2. The molecule has 0 saturated carbocycles. The lowest BCUT2D eigenvalue weighted by molar-refractivity contribution is -0.127. The molecule has 1 aromatic heterocycles. The summed E-state index contributed by atoms with van der Waals surface area (Å²) < 4.78 is 0. The van der Waals surface area contributed by atoms with Crippen LogP contribution in [0, 0.1) is 12.3 Å². The summed E-state index contributed by atoms with van der Waals surface area (Å²) in [6.45, 7) is 10.4. The number of pyridine rings is 1. The fourth-order valence-electron chi connectivity index (χ4n) is 2.67. The highest BCUT2D eigenvalue weighted by Crippen LogP contribution is 2.33. The number of piperidine rings is 1. The van der Waals surface area contributed by atoms with Gasteiger partial charge in [0.2, 0.25) is 5.91 Å². The number of hydrogen-bond acceptors (Lipinski definition) is 3. The minimum absolute atomic E-state index is 0.131. The van der Waals surface area contributed by atoms with Gasteiger partial charge in [-0.05, 0) is 58.8 Å². The Balaban J connectivity index is 1.99. The van der Waals surface area contributed by atoms with E-state index in [2.05, 4.69) is 36.0 Å². The summed E-state index contributed by atoms with van der Waals surface area (Å²) in [5.41, 5.74) is 1.50. The Morgan fingerprint density at radius 1 is 1.40 bits per heavy atom. The molecular weight excluding hydrogens is 250 g/mol. The van der Waals surface area contributed by atoms with Crippen LogP contribution in [0.1, 0.15) is 39.3 Å². The van der Waals surface area contributed by atoms with Gasteiger partial charge in [-0.3, -0.25) is 9.78 Å². The first-order chi connectivity index (χ1) is 9.40. The van der Waals surface area contributed by atoms with E-state index in [1.165, 1.54) is 0 Å². The van der Waals surface area contributed by atoms with Crippen LogP contribution >= 0.6 is 0 Å². The number of amides is 1. The molecule has 0 aliphatic carbocycles. The molecule has 1 amide bonds. The first-order valence-corrected chi connectivity index (χ1v) is 7.39. The largest absolute Gasteiger partial charge is 0.325 e. The maximum atomic E-state index is 12.5. The summed E-state index contributed by atoms with van der Waals surface area (Å²) in [4.78, 5) is 19.1. The Morgan fingerprint density at radius 2 is 2.05 bits per heavy atom. The third kappa shape index (κ3) is 3.37. The molecule has 0 aromatic carbocycles. The molecule has 4 nitrogen and oxygen atoms in total. The first kappa shape index (κ1) is 15.0. The molecule has 0 bridgehead atoms. The van der Waals surface area contributed by atoms with E-state index in [-0.39, 0.29) is 11.3 Å². The number of aromatic nitrogens is 1. The van der Waals surface area contributed by atoms with Gasteiger partial charge in [0.05, 0.1) is 0 Å². The highest BCUT2D eigenvalue weighted by Gasteiger charge is 2.37. The fraction of sp³-hybridized carbons (Fsp3) is 0.625. The van der Waals surface area contributed by atoms with Crippen LogP contribution in [-0.2, 0) is 4.79 Å². The zero-order valence-electron chi connectivity index (χ0n) is 12.9. The second-order valence-corrected chi connectivity index (χ2v) is 6.33. The van der Waals surface area contributed by atoms with E-state index in [0.717, 1.165) is 37.3 Å². The zero-order chi connectivity index (χ0) is 14.8. The van der Waals surface area contributed by atoms with Crippen molar-refractivity contribution in [1.29, 1.82) is 0 Å². The number of nitrogens with one attached hydrogen (secondary N) is 1. The number of carbonyl (C=O) groups is 1. The van der Waals surface area contributed by atoms with Crippen molar-refractivity contribution < 1.29 is 4.79 Å². The number of aryl methyl sites for hydroxylation is 1. The Labute approximate surface area is 121 Å². The molecular formula is C16H25N3O. The van der Waals surface area contributed by atoms with E-state index in [1.54, 1.807) is 6.20 Å². The average molecular weight is 275 g/mol. The van der Waals surface area contributed by atoms with Gasteiger partial charge in [-0.2, -0.15) is 0 Å². The lowest BCUT2D eigenvalue weighted by Gasteiger charge is -2.40. The van der Waals surface area contributed by atoms with Crippen LogP contribution in [0.5, 0.6) is 0 Å². The summed E-state index contributed by atoms with van der Waals surface area (Å²) in [5, 5.41) is 3.04. The molecule has 20 heavy (non-hydrogen) atoms. The third-order valence-electron chi connectivity index (χ3n) is 4.33. The molecule has 0 atom stereocenters. The van der Waals surface area contributed by atoms with Crippen molar-refractivity contribution in [3.05, 3.63) is 24.0 Å². The minimum Gasteiger partial charge on any atom is -0.325 e. The first-order valence-electron chi connectivity index (χ1n) is 7.39. The number of anilines is 1. The fourth-order valence-corrected chi connectivity index (χ4v) is 2.67. The van der Waals surface area contributed by atoms with Crippen LogP contribution < -0.4 is 5.32 Å². The van der Waals surface area contributed by atoms with E-state index in [9.17, 15) is 4.79 Å². The van der Waals surface area contributed by atoms with Crippen LogP contribution in [0.4, 0.5) is 5.69 Å². The SMILES string of the molecule is Cc1cc(NC(=O)C2(C)CCN(C(C)C)CC2)ccn1. The Bertz CT molecular complexity index is 476. The smallest absolute Gasteiger partial charge is 0.230 e. The predicted octanol–water partition coefficient (Wildman–Crippen LogP) is 2.84. The lowest BCUT2D eigenvalue weighted by atomic mass is 9.79. The summed E-state index contributed by atoms with van der Waals surface area (Å²) in [7, 11) is 0. The molecule has 1 fully saturated rings. The minimum atomic E-state index is -0.261. The monoisotopic (exact) mass is 275 g/mol. The third-order valence-corrected chi connectivity index (χ3v) is 4.33. The van der Waals surface area contributed by atoms with Gasteiger partial charge in [0, 0.05) is 29.0 Å². The van der Waals surface area contributed by atoms with Crippen molar-refractivity contribution >= 4 is 11.6 Å². The molecule has 2 rings (SSSR count). The Kier molecular flexibility index (Phi) is 4.43. The number of carbonyl (C=O) groups excluding carboxylic acids is 1. The van der Waals surface area contributed by atoms with E-state index in [4.69, 9.17) is 0 Å². The molecule has 4 heteroatoms. The normalized spacial score (nSPS) is 19.1. The number of hydrogen-bond donors (Lipinski definition) is 1. The molecule has 0 unspecified atom stereocenters. The van der Waals surface area contributed by atoms with Crippen molar-refractivity contribution in [2.75, 3.05) is 18.4 Å². The van der Waals surface area contributed by atoms with Crippen LogP contribution in [0.2, 0.25) is 0 Å². The van der Waals surface area contributed by atoms with Gasteiger partial charge < -0.3 is 10.2 Å². The van der Waals surface area contributed by atoms with E-state index in [0.29, 0.717) is 6.04 Å². The Hall–Kier alpha value is -1.42. The van der Waals surface area contributed by atoms with Crippen LogP contribution in [0.3, 0.4) is 0 Å². The van der Waals surface area contributed by atoms with Gasteiger partial charge in [-0.1, -0.05) is 6.92 Å². The maximum Gasteiger partial charge on any atom is 0.230 e. The van der Waals surface area contributed by atoms with Crippen molar-refractivity contribution in [3.8, 4) is 0 Å². The molecule has 2 heterocycles. The highest BCUT2D eigenvalue weighted by atomic mass is 16.2. The van der Waals surface area contributed by atoms with Gasteiger partial charge in [0.15, 0.2) is 0 Å². The van der Waals surface area contributed by atoms with E-state index < -0.39 is 0 Å². The molecule has 0 radical (unpaired) electrons. The van der Waals surface area contributed by atoms with E-state index >= 15 is 0 Å². The van der Waals surface area contributed by atoms with Gasteiger partial charge >= 0.3 is 0 Å². The maximum absolute atomic E-state index is 12.5. The summed E-state index contributed by atoms with van der Waals surface area (Å²) in [6.07, 6.45) is 3.57.